The molecule has 1 fully saturated rings. The Morgan fingerprint density at radius 2 is 2.06 bits per heavy atom. The van der Waals surface area contributed by atoms with Crippen molar-refractivity contribution in [2.45, 2.75) is 25.3 Å². The molecule has 1 saturated carbocycles. The zero-order valence-electron chi connectivity index (χ0n) is 10.0. The first-order valence-corrected chi connectivity index (χ1v) is 7.13. The van der Waals surface area contributed by atoms with E-state index in [9.17, 15) is 4.39 Å². The highest BCUT2D eigenvalue weighted by Crippen LogP contribution is 2.23. The summed E-state index contributed by atoms with van der Waals surface area (Å²) >= 11 is 1.68. The SMILES string of the molecule is Fc1ccc(-c2csc(CCNC3CC3)n2)cc1. The van der Waals surface area contributed by atoms with Gasteiger partial charge in [-0.05, 0) is 37.1 Å². The van der Waals surface area contributed by atoms with Gasteiger partial charge in [0.1, 0.15) is 5.82 Å². The third-order valence-electron chi connectivity index (χ3n) is 3.04. The van der Waals surface area contributed by atoms with Crippen LogP contribution >= 0.6 is 11.3 Å². The smallest absolute Gasteiger partial charge is 0.123 e. The molecule has 0 radical (unpaired) electrons. The van der Waals surface area contributed by atoms with Gasteiger partial charge in [0.15, 0.2) is 0 Å². The molecule has 2 nitrogen and oxygen atoms in total. The molecule has 3 rings (SSSR count). The number of hydrogen-bond donors (Lipinski definition) is 1. The average Bonchev–Trinajstić information content (AvgIpc) is 3.08. The van der Waals surface area contributed by atoms with Gasteiger partial charge in [0, 0.05) is 30.0 Å². The molecule has 1 N–H and O–H groups in total. The summed E-state index contributed by atoms with van der Waals surface area (Å²) in [5, 5.41) is 6.66. The summed E-state index contributed by atoms with van der Waals surface area (Å²) in [6, 6.07) is 7.25. The van der Waals surface area contributed by atoms with Crippen molar-refractivity contribution < 1.29 is 4.39 Å². The highest BCUT2D eigenvalue weighted by molar-refractivity contribution is 7.09. The Labute approximate surface area is 110 Å². The van der Waals surface area contributed by atoms with Gasteiger partial charge >= 0.3 is 0 Å². The van der Waals surface area contributed by atoms with E-state index in [0.29, 0.717) is 0 Å². The fourth-order valence-corrected chi connectivity index (χ4v) is 2.66. The summed E-state index contributed by atoms with van der Waals surface area (Å²) in [5.41, 5.74) is 1.93. The van der Waals surface area contributed by atoms with Crippen LogP contribution in [0.5, 0.6) is 0 Å². The van der Waals surface area contributed by atoms with Crippen molar-refractivity contribution in [1.29, 1.82) is 0 Å². The number of thiazole rings is 1. The first kappa shape index (κ1) is 11.8. The minimum atomic E-state index is -0.206. The van der Waals surface area contributed by atoms with Crippen molar-refractivity contribution in [2.24, 2.45) is 0 Å². The largest absolute Gasteiger partial charge is 0.314 e. The van der Waals surface area contributed by atoms with Crippen molar-refractivity contribution in [3.8, 4) is 11.3 Å². The number of hydrogen-bond acceptors (Lipinski definition) is 3. The van der Waals surface area contributed by atoms with Gasteiger partial charge in [-0.25, -0.2) is 9.37 Å². The zero-order chi connectivity index (χ0) is 12.4. The maximum atomic E-state index is 12.8. The van der Waals surface area contributed by atoms with Crippen molar-refractivity contribution in [2.75, 3.05) is 6.54 Å². The van der Waals surface area contributed by atoms with E-state index in [1.807, 2.05) is 5.38 Å². The lowest BCUT2D eigenvalue weighted by atomic mass is 10.2. The molecule has 0 aliphatic heterocycles. The summed E-state index contributed by atoms with van der Waals surface area (Å²) in [6.45, 7) is 1.00. The van der Waals surface area contributed by atoms with Crippen LogP contribution in [0.4, 0.5) is 4.39 Å². The van der Waals surface area contributed by atoms with Crippen molar-refractivity contribution in [1.82, 2.24) is 10.3 Å². The molecule has 1 aromatic heterocycles. The maximum Gasteiger partial charge on any atom is 0.123 e. The number of nitrogens with one attached hydrogen (secondary N) is 1. The van der Waals surface area contributed by atoms with Crippen LogP contribution in [0.15, 0.2) is 29.6 Å². The van der Waals surface area contributed by atoms with Crippen LogP contribution in [0.1, 0.15) is 17.8 Å². The molecule has 18 heavy (non-hydrogen) atoms. The Kier molecular flexibility index (Phi) is 3.39. The molecular formula is C14H15FN2S. The van der Waals surface area contributed by atoms with Gasteiger partial charge in [-0.2, -0.15) is 0 Å². The van der Waals surface area contributed by atoms with Gasteiger partial charge < -0.3 is 5.32 Å². The molecule has 1 aliphatic carbocycles. The first-order chi connectivity index (χ1) is 8.81. The first-order valence-electron chi connectivity index (χ1n) is 6.25. The topological polar surface area (TPSA) is 24.9 Å². The molecule has 2 aromatic rings. The van der Waals surface area contributed by atoms with E-state index in [1.54, 1.807) is 23.5 Å². The van der Waals surface area contributed by atoms with E-state index in [2.05, 4.69) is 10.3 Å². The Bertz CT molecular complexity index is 517. The quantitative estimate of drug-likeness (QED) is 0.894. The molecule has 1 heterocycles. The van der Waals surface area contributed by atoms with Crippen LogP contribution in [-0.4, -0.2) is 17.6 Å². The minimum Gasteiger partial charge on any atom is -0.314 e. The summed E-state index contributed by atoms with van der Waals surface area (Å²) in [5.74, 6) is -0.206. The standard InChI is InChI=1S/C14H15FN2S/c15-11-3-1-10(2-4-11)13-9-18-14(17-13)7-8-16-12-5-6-12/h1-4,9,12,16H,5-8H2. The monoisotopic (exact) mass is 262 g/mol. The molecule has 0 atom stereocenters. The lowest BCUT2D eigenvalue weighted by molar-refractivity contribution is 0.628. The van der Waals surface area contributed by atoms with E-state index >= 15 is 0 Å². The van der Waals surface area contributed by atoms with Crippen molar-refractivity contribution in [3.63, 3.8) is 0 Å². The van der Waals surface area contributed by atoms with Crippen LogP contribution in [0.2, 0.25) is 0 Å². The van der Waals surface area contributed by atoms with Crippen LogP contribution in [0, 0.1) is 5.82 Å². The molecule has 0 bridgehead atoms. The van der Waals surface area contributed by atoms with E-state index in [4.69, 9.17) is 0 Å². The predicted octanol–water partition coefficient (Wildman–Crippen LogP) is 3.24. The molecule has 0 unspecified atom stereocenters. The van der Waals surface area contributed by atoms with E-state index in [0.717, 1.165) is 35.3 Å². The van der Waals surface area contributed by atoms with Gasteiger partial charge in [-0.3, -0.25) is 0 Å². The Morgan fingerprint density at radius 1 is 1.28 bits per heavy atom. The van der Waals surface area contributed by atoms with Crippen LogP contribution in [0.3, 0.4) is 0 Å². The number of aromatic nitrogens is 1. The second kappa shape index (κ2) is 5.16. The molecular weight excluding hydrogens is 247 g/mol. The second-order valence-corrected chi connectivity index (χ2v) is 5.55. The lowest BCUT2D eigenvalue weighted by Gasteiger charge is -1.99. The van der Waals surface area contributed by atoms with Crippen LogP contribution in [0.25, 0.3) is 11.3 Å². The van der Waals surface area contributed by atoms with Crippen molar-refractivity contribution in [3.05, 3.63) is 40.5 Å². The van der Waals surface area contributed by atoms with E-state index in [1.165, 1.54) is 25.0 Å². The van der Waals surface area contributed by atoms with Gasteiger partial charge in [0.05, 0.1) is 10.7 Å². The van der Waals surface area contributed by atoms with E-state index in [-0.39, 0.29) is 5.82 Å². The molecule has 94 valence electrons. The Balaban J connectivity index is 1.62. The normalized spacial score (nSPS) is 14.9. The summed E-state index contributed by atoms with van der Waals surface area (Å²) in [7, 11) is 0. The molecule has 0 saturated heterocycles. The Hall–Kier alpha value is -1.26. The number of nitrogens with zero attached hydrogens (tertiary/aromatic N) is 1. The summed E-state index contributed by atoms with van der Waals surface area (Å²) < 4.78 is 12.8. The summed E-state index contributed by atoms with van der Waals surface area (Å²) in [4.78, 5) is 4.58. The highest BCUT2D eigenvalue weighted by Gasteiger charge is 2.19. The lowest BCUT2D eigenvalue weighted by Crippen LogP contribution is -2.19. The maximum absolute atomic E-state index is 12.8. The summed E-state index contributed by atoms with van der Waals surface area (Å²) in [6.07, 6.45) is 3.61. The number of rotatable bonds is 5. The van der Waals surface area contributed by atoms with Gasteiger partial charge in [-0.15, -0.1) is 11.3 Å². The minimum absolute atomic E-state index is 0.206. The third-order valence-corrected chi connectivity index (χ3v) is 3.95. The van der Waals surface area contributed by atoms with Gasteiger partial charge in [-0.1, -0.05) is 0 Å². The molecule has 0 spiro atoms. The zero-order valence-corrected chi connectivity index (χ0v) is 10.8. The second-order valence-electron chi connectivity index (χ2n) is 4.61. The average molecular weight is 262 g/mol. The van der Waals surface area contributed by atoms with Crippen LogP contribution < -0.4 is 5.32 Å². The fourth-order valence-electron chi connectivity index (χ4n) is 1.85. The fraction of sp³-hybridized carbons (Fsp3) is 0.357. The third kappa shape index (κ3) is 2.94. The Morgan fingerprint density at radius 3 is 2.78 bits per heavy atom. The van der Waals surface area contributed by atoms with E-state index < -0.39 is 0 Å². The van der Waals surface area contributed by atoms with Gasteiger partial charge in [0.2, 0.25) is 0 Å². The van der Waals surface area contributed by atoms with Crippen molar-refractivity contribution >= 4 is 11.3 Å². The number of benzene rings is 1. The number of halogens is 1. The molecule has 4 heteroatoms. The molecule has 0 amide bonds. The van der Waals surface area contributed by atoms with Crippen LogP contribution in [-0.2, 0) is 6.42 Å². The molecule has 1 aromatic carbocycles. The highest BCUT2D eigenvalue weighted by atomic mass is 32.1. The van der Waals surface area contributed by atoms with Gasteiger partial charge in [0.25, 0.3) is 0 Å². The predicted molar refractivity (Wildman–Crippen MR) is 72.2 cm³/mol. The molecule has 1 aliphatic rings.